The number of hydrogen-bond donors (Lipinski definition) is 1. The van der Waals surface area contributed by atoms with Gasteiger partial charge in [0, 0.05) is 0 Å². The first-order chi connectivity index (χ1) is 7.28. The van der Waals surface area contributed by atoms with Crippen molar-refractivity contribution < 1.29 is 5.11 Å². The molecule has 0 heterocycles. The van der Waals surface area contributed by atoms with Crippen LogP contribution in [0, 0.1) is 11.8 Å². The van der Waals surface area contributed by atoms with Gasteiger partial charge in [-0.1, -0.05) is 37.6 Å². The second-order valence-electron chi connectivity index (χ2n) is 4.98. The lowest BCUT2D eigenvalue weighted by Gasteiger charge is -2.18. The van der Waals surface area contributed by atoms with Crippen molar-refractivity contribution in [3.63, 3.8) is 0 Å². The van der Waals surface area contributed by atoms with Crippen molar-refractivity contribution in [2.24, 2.45) is 11.8 Å². The van der Waals surface area contributed by atoms with Crippen molar-refractivity contribution in [2.75, 3.05) is 0 Å². The number of hydrogen-bond acceptors (Lipinski definition) is 1. The summed E-state index contributed by atoms with van der Waals surface area (Å²) in [5.41, 5.74) is 2.09. The third-order valence-corrected chi connectivity index (χ3v) is 4.37. The molecule has 2 unspecified atom stereocenters. The highest BCUT2D eigenvalue weighted by Crippen LogP contribution is 2.66. The molecule has 2 aliphatic carbocycles. The molecular formula is C14H18O. The Morgan fingerprint density at radius 1 is 1.27 bits per heavy atom. The van der Waals surface area contributed by atoms with E-state index in [0.717, 1.165) is 6.42 Å². The summed E-state index contributed by atoms with van der Waals surface area (Å²) in [6, 6.07) is 8.41. The zero-order valence-electron chi connectivity index (χ0n) is 9.24. The summed E-state index contributed by atoms with van der Waals surface area (Å²) in [5, 5.41) is 10.7. The fourth-order valence-corrected chi connectivity index (χ4v) is 3.54. The Bertz CT molecular complexity index is 373. The first-order valence-corrected chi connectivity index (χ1v) is 6.09. The molecule has 2 atom stereocenters. The minimum Gasteiger partial charge on any atom is -0.385 e. The molecule has 0 radical (unpaired) electrons. The summed E-state index contributed by atoms with van der Waals surface area (Å²) in [7, 11) is 0. The number of benzene rings is 1. The molecule has 0 aromatic heterocycles. The minimum absolute atomic E-state index is 0.454. The first-order valence-electron chi connectivity index (χ1n) is 6.09. The molecule has 1 heteroatoms. The molecule has 1 aromatic carbocycles. The Balaban J connectivity index is 2.00. The summed E-state index contributed by atoms with van der Waals surface area (Å²) in [4.78, 5) is 0. The zero-order chi connectivity index (χ0) is 10.5. The van der Waals surface area contributed by atoms with Crippen LogP contribution >= 0.6 is 0 Å². The van der Waals surface area contributed by atoms with Crippen LogP contribution < -0.4 is 0 Å². The topological polar surface area (TPSA) is 20.2 Å². The Hall–Kier alpha value is -0.820. The zero-order valence-corrected chi connectivity index (χ0v) is 9.24. The molecule has 15 heavy (non-hydrogen) atoms. The van der Waals surface area contributed by atoms with Crippen LogP contribution in [0.3, 0.4) is 0 Å². The van der Waals surface area contributed by atoms with E-state index in [1.807, 2.05) is 0 Å². The smallest absolute Gasteiger partial charge is 0.0962 e. The van der Waals surface area contributed by atoms with Crippen molar-refractivity contribution in [3.8, 4) is 0 Å². The van der Waals surface area contributed by atoms with Gasteiger partial charge in [-0.05, 0) is 42.2 Å². The average Bonchev–Trinajstić information content (AvgIpc) is 2.71. The molecule has 80 valence electrons. The van der Waals surface area contributed by atoms with Crippen LogP contribution in [0.25, 0.3) is 0 Å². The summed E-state index contributed by atoms with van der Waals surface area (Å²) < 4.78 is 0. The molecule has 0 spiro atoms. The molecule has 2 saturated carbocycles. The van der Waals surface area contributed by atoms with Crippen LogP contribution in [0.5, 0.6) is 0 Å². The van der Waals surface area contributed by atoms with Crippen molar-refractivity contribution >= 4 is 0 Å². The second kappa shape index (κ2) is 3.08. The highest BCUT2D eigenvalue weighted by molar-refractivity contribution is 5.40. The molecule has 1 nitrogen and oxygen atoms in total. The molecule has 0 bridgehead atoms. The van der Waals surface area contributed by atoms with E-state index in [9.17, 15) is 5.11 Å². The van der Waals surface area contributed by atoms with Gasteiger partial charge in [0.05, 0.1) is 5.60 Å². The van der Waals surface area contributed by atoms with E-state index in [1.54, 1.807) is 0 Å². The third-order valence-electron chi connectivity index (χ3n) is 4.37. The number of rotatable bonds is 2. The molecule has 0 aliphatic heterocycles. The van der Waals surface area contributed by atoms with Crippen LogP contribution in [0.4, 0.5) is 0 Å². The van der Waals surface area contributed by atoms with E-state index in [1.165, 1.54) is 30.4 Å². The fourth-order valence-electron chi connectivity index (χ4n) is 3.54. The van der Waals surface area contributed by atoms with E-state index in [4.69, 9.17) is 0 Å². The van der Waals surface area contributed by atoms with Crippen molar-refractivity contribution in [2.45, 2.75) is 38.2 Å². The van der Waals surface area contributed by atoms with E-state index in [0.29, 0.717) is 11.8 Å². The predicted molar refractivity (Wildman–Crippen MR) is 60.5 cm³/mol. The van der Waals surface area contributed by atoms with E-state index >= 15 is 0 Å². The Labute approximate surface area is 91.1 Å². The number of aliphatic hydroxyl groups is 1. The highest BCUT2D eigenvalue weighted by atomic mass is 16.3. The van der Waals surface area contributed by atoms with E-state index in [2.05, 4.69) is 31.2 Å². The Morgan fingerprint density at radius 2 is 1.93 bits per heavy atom. The summed E-state index contributed by atoms with van der Waals surface area (Å²) >= 11 is 0. The maximum Gasteiger partial charge on any atom is 0.0962 e. The van der Waals surface area contributed by atoms with Gasteiger partial charge < -0.3 is 5.11 Å². The first kappa shape index (κ1) is 9.41. The summed E-state index contributed by atoms with van der Waals surface area (Å²) in [6.45, 7) is 2.17. The van der Waals surface area contributed by atoms with Gasteiger partial charge in [0.2, 0.25) is 0 Å². The van der Waals surface area contributed by atoms with Gasteiger partial charge in [0.25, 0.3) is 0 Å². The normalized spacial score (nSPS) is 37.7. The summed E-state index contributed by atoms with van der Waals surface area (Å²) in [5.74, 6) is 1.12. The highest BCUT2D eigenvalue weighted by Gasteiger charge is 2.66. The van der Waals surface area contributed by atoms with Gasteiger partial charge in [-0.2, -0.15) is 0 Å². The van der Waals surface area contributed by atoms with Crippen LogP contribution in [-0.2, 0) is 12.0 Å². The van der Waals surface area contributed by atoms with Crippen LogP contribution in [0.2, 0.25) is 0 Å². The predicted octanol–water partition coefficient (Wildman–Crippen LogP) is 2.87. The second-order valence-corrected chi connectivity index (χ2v) is 4.98. The van der Waals surface area contributed by atoms with Gasteiger partial charge in [-0.3, -0.25) is 0 Å². The Morgan fingerprint density at radius 3 is 2.60 bits per heavy atom. The van der Waals surface area contributed by atoms with Gasteiger partial charge in [0.1, 0.15) is 0 Å². The van der Waals surface area contributed by atoms with Gasteiger partial charge >= 0.3 is 0 Å². The monoisotopic (exact) mass is 202 g/mol. The quantitative estimate of drug-likeness (QED) is 0.782. The Kier molecular flexibility index (Phi) is 1.93. The lowest BCUT2D eigenvalue weighted by atomic mass is 9.93. The molecular weight excluding hydrogens is 184 g/mol. The maximum absolute atomic E-state index is 10.7. The van der Waals surface area contributed by atoms with Crippen molar-refractivity contribution in [1.29, 1.82) is 0 Å². The SMILES string of the molecule is CCc1ccccc1C1(O)C2CCCC21. The molecule has 1 N–H and O–H groups in total. The molecule has 3 rings (SSSR count). The van der Waals surface area contributed by atoms with Gasteiger partial charge in [-0.15, -0.1) is 0 Å². The van der Waals surface area contributed by atoms with Crippen LogP contribution in [-0.4, -0.2) is 5.11 Å². The maximum atomic E-state index is 10.7. The molecule has 2 fully saturated rings. The lowest BCUT2D eigenvalue weighted by Crippen LogP contribution is -2.15. The largest absolute Gasteiger partial charge is 0.385 e. The van der Waals surface area contributed by atoms with Crippen molar-refractivity contribution in [3.05, 3.63) is 35.4 Å². The molecule has 1 aromatic rings. The van der Waals surface area contributed by atoms with Crippen LogP contribution in [0.1, 0.15) is 37.3 Å². The summed E-state index contributed by atoms with van der Waals surface area (Å²) in [6.07, 6.45) is 4.78. The number of fused-ring (bicyclic) bond motifs is 1. The molecule has 0 saturated heterocycles. The lowest BCUT2D eigenvalue weighted by molar-refractivity contribution is 0.104. The van der Waals surface area contributed by atoms with Gasteiger partial charge in [0.15, 0.2) is 0 Å². The molecule has 0 amide bonds. The van der Waals surface area contributed by atoms with Gasteiger partial charge in [-0.25, -0.2) is 0 Å². The van der Waals surface area contributed by atoms with E-state index < -0.39 is 5.60 Å². The van der Waals surface area contributed by atoms with Crippen LogP contribution in [0.15, 0.2) is 24.3 Å². The number of aryl methyl sites for hydroxylation is 1. The van der Waals surface area contributed by atoms with E-state index in [-0.39, 0.29) is 0 Å². The average molecular weight is 202 g/mol. The molecule has 2 aliphatic rings. The van der Waals surface area contributed by atoms with Crippen molar-refractivity contribution in [1.82, 2.24) is 0 Å². The third kappa shape index (κ3) is 1.13. The minimum atomic E-state index is -0.454. The fraction of sp³-hybridized carbons (Fsp3) is 0.571. The standard InChI is InChI=1S/C14H18O/c1-2-10-6-3-4-7-11(10)14(15)12-8-5-9-13(12)14/h3-4,6-7,12-13,15H,2,5,8-9H2,1H3.